The maximum atomic E-state index is 14.1. The zero-order valence-corrected chi connectivity index (χ0v) is 19.2. The first kappa shape index (κ1) is 25.1. The fourth-order valence-corrected chi connectivity index (χ4v) is 5.43. The topological polar surface area (TPSA) is 66.4 Å². The van der Waals surface area contributed by atoms with Gasteiger partial charge in [-0.25, -0.2) is 12.8 Å². The molecule has 0 bridgehead atoms. The minimum absolute atomic E-state index is 0.204. The van der Waals surface area contributed by atoms with Crippen LogP contribution in [0.15, 0.2) is 87.5 Å². The normalized spacial score (nSPS) is 14.2. The van der Waals surface area contributed by atoms with E-state index in [4.69, 9.17) is 4.74 Å². The molecular weight excluding hydrogens is 480 g/mol. The molecule has 33 heavy (non-hydrogen) atoms. The van der Waals surface area contributed by atoms with Gasteiger partial charge in [0.15, 0.2) is 14.7 Å². The molecule has 1 atom stereocenters. The van der Waals surface area contributed by atoms with Gasteiger partial charge >= 0.3 is 11.2 Å². The fourth-order valence-electron chi connectivity index (χ4n) is 2.90. The highest BCUT2D eigenvalue weighted by Gasteiger charge is 2.62. The molecule has 4 nitrogen and oxygen atoms in total. The number of aryl methyl sites for hydroxylation is 2. The summed E-state index contributed by atoms with van der Waals surface area (Å²) >= 11 is 0. The second-order valence-electron chi connectivity index (χ2n) is 7.37. The van der Waals surface area contributed by atoms with E-state index in [1.54, 1.807) is 12.1 Å². The first-order valence-corrected chi connectivity index (χ1v) is 12.3. The van der Waals surface area contributed by atoms with Crippen molar-refractivity contribution in [2.75, 3.05) is 6.61 Å². The van der Waals surface area contributed by atoms with Gasteiger partial charge in [0.05, 0.1) is 10.9 Å². The molecule has 0 aliphatic carbocycles. The van der Waals surface area contributed by atoms with Crippen LogP contribution in [0.25, 0.3) is 0 Å². The van der Waals surface area contributed by atoms with Gasteiger partial charge in [-0.15, -0.1) is 0 Å². The Balaban J connectivity index is 1.91. The van der Waals surface area contributed by atoms with Crippen LogP contribution in [0.3, 0.4) is 0 Å². The van der Waals surface area contributed by atoms with Crippen LogP contribution in [0, 0.1) is 13.8 Å². The van der Waals surface area contributed by atoms with Gasteiger partial charge in [-0.3, -0.25) is 0 Å². The lowest BCUT2D eigenvalue weighted by Gasteiger charge is -2.29. The van der Waals surface area contributed by atoms with Crippen LogP contribution in [0.1, 0.15) is 11.1 Å². The van der Waals surface area contributed by atoms with Crippen LogP contribution in [-0.2, 0) is 21.0 Å². The third kappa shape index (κ3) is 5.51. The highest BCUT2D eigenvalue weighted by atomic mass is 32.2. The summed E-state index contributed by atoms with van der Waals surface area (Å²) in [4.78, 5) is 2.83. The van der Waals surface area contributed by atoms with Crippen molar-refractivity contribution in [3.63, 3.8) is 0 Å². The van der Waals surface area contributed by atoms with E-state index in [1.807, 2.05) is 62.4 Å². The van der Waals surface area contributed by atoms with Crippen LogP contribution in [-0.4, -0.2) is 30.8 Å². The second-order valence-corrected chi connectivity index (χ2v) is 11.0. The Bertz CT molecular complexity index is 1150. The smallest absolute Gasteiger partial charge is 0.439 e. The summed E-state index contributed by atoms with van der Waals surface area (Å²) in [6.07, 6.45) is -5.93. The lowest BCUT2D eigenvalue weighted by molar-refractivity contribution is -0.207. The van der Waals surface area contributed by atoms with Crippen molar-refractivity contribution < 1.29 is 35.3 Å². The van der Waals surface area contributed by atoms with Crippen LogP contribution < -0.4 is 4.74 Å². The van der Waals surface area contributed by atoms with Crippen LogP contribution >= 0.6 is 0 Å². The largest absolute Gasteiger partial charge is 0.745 e. The molecule has 0 aliphatic heterocycles. The minimum Gasteiger partial charge on any atom is -0.745 e. The first-order chi connectivity index (χ1) is 15.3. The third-order valence-electron chi connectivity index (χ3n) is 4.82. The number of halogens is 4. The van der Waals surface area contributed by atoms with Gasteiger partial charge in [0.25, 0.3) is 0 Å². The molecule has 0 spiro atoms. The summed E-state index contributed by atoms with van der Waals surface area (Å²) in [6.45, 7) is 1.94. The number of hydrogen-bond donors (Lipinski definition) is 0. The SMILES string of the molecule is Cc1ccc([S+](c2ccc(C)cc2)c2ccc(OCC(F)(C(F)(F)F)S(=O)(=O)[O-])cc2)cc1. The molecule has 0 fully saturated rings. The molecule has 3 aromatic carbocycles. The van der Waals surface area contributed by atoms with Crippen molar-refractivity contribution in [3.8, 4) is 5.75 Å². The molecule has 3 rings (SSSR count). The highest BCUT2D eigenvalue weighted by Crippen LogP contribution is 2.39. The van der Waals surface area contributed by atoms with Crippen molar-refractivity contribution in [2.24, 2.45) is 0 Å². The Morgan fingerprint density at radius 2 is 1.12 bits per heavy atom. The molecule has 10 heteroatoms. The molecule has 1 unspecified atom stereocenters. The third-order valence-corrected chi connectivity index (χ3v) is 8.19. The number of benzene rings is 3. The lowest BCUT2D eigenvalue weighted by Crippen LogP contribution is -2.52. The average Bonchev–Trinajstić information content (AvgIpc) is 2.74. The van der Waals surface area contributed by atoms with E-state index in [0.717, 1.165) is 25.8 Å². The van der Waals surface area contributed by atoms with E-state index < -0.39 is 38.8 Å². The van der Waals surface area contributed by atoms with Gasteiger partial charge < -0.3 is 9.29 Å². The maximum absolute atomic E-state index is 14.1. The van der Waals surface area contributed by atoms with E-state index >= 15 is 0 Å². The average molecular weight is 501 g/mol. The minimum atomic E-state index is -6.36. The molecule has 0 N–H and O–H groups in total. The predicted molar refractivity (Wildman–Crippen MR) is 116 cm³/mol. The number of ether oxygens (including phenoxy) is 1. The number of rotatable bonds is 7. The molecule has 0 saturated carbocycles. The molecule has 0 radical (unpaired) electrons. The molecule has 0 aliphatic rings. The van der Waals surface area contributed by atoms with E-state index in [2.05, 4.69) is 0 Å². The molecule has 0 heterocycles. The van der Waals surface area contributed by atoms with Gasteiger partial charge in [0.2, 0.25) is 0 Å². The molecule has 176 valence electrons. The van der Waals surface area contributed by atoms with E-state index in [9.17, 15) is 30.5 Å². The summed E-state index contributed by atoms with van der Waals surface area (Å²) in [5, 5.41) is -5.05. The summed E-state index contributed by atoms with van der Waals surface area (Å²) in [5.74, 6) is -0.204. The highest BCUT2D eigenvalue weighted by molar-refractivity contribution is 7.97. The molecule has 0 saturated heterocycles. The standard InChI is InChI=1S/C23H20F4O4S2/c1-16-3-9-19(10-4-16)32(20-11-5-17(2)6-12-20)21-13-7-18(8-14-21)31-15-22(24,23(25,26)27)33(28,29)30/h3-14H,15H2,1-2H3. The summed E-state index contributed by atoms with van der Waals surface area (Å²) in [7, 11) is -6.90. The summed E-state index contributed by atoms with van der Waals surface area (Å²) < 4.78 is 90.1. The van der Waals surface area contributed by atoms with E-state index in [-0.39, 0.29) is 5.75 Å². The van der Waals surface area contributed by atoms with Gasteiger partial charge in [-0.05, 0) is 62.4 Å². The van der Waals surface area contributed by atoms with Gasteiger partial charge in [0, 0.05) is 0 Å². The molecule has 0 aromatic heterocycles. The quantitative estimate of drug-likeness (QED) is 0.242. The summed E-state index contributed by atoms with van der Waals surface area (Å²) in [6, 6.07) is 21.7. The Morgan fingerprint density at radius 3 is 1.45 bits per heavy atom. The Morgan fingerprint density at radius 1 is 0.758 bits per heavy atom. The number of hydrogen-bond acceptors (Lipinski definition) is 4. The van der Waals surface area contributed by atoms with Gasteiger partial charge in [-0.1, -0.05) is 35.4 Å². The first-order valence-electron chi connectivity index (χ1n) is 9.63. The van der Waals surface area contributed by atoms with Crippen molar-refractivity contribution in [1.82, 2.24) is 0 Å². The predicted octanol–water partition coefficient (Wildman–Crippen LogP) is 5.55. The number of alkyl halides is 4. The van der Waals surface area contributed by atoms with Gasteiger partial charge in [0.1, 0.15) is 22.5 Å². The van der Waals surface area contributed by atoms with Crippen LogP contribution in [0.2, 0.25) is 0 Å². The molecular formula is C23H20F4O4S2. The maximum Gasteiger partial charge on any atom is 0.439 e. The van der Waals surface area contributed by atoms with Crippen LogP contribution in [0.5, 0.6) is 5.75 Å². The van der Waals surface area contributed by atoms with Crippen molar-refractivity contribution in [1.29, 1.82) is 0 Å². The van der Waals surface area contributed by atoms with E-state index in [1.165, 1.54) is 12.1 Å². The van der Waals surface area contributed by atoms with Gasteiger partial charge in [-0.2, -0.15) is 13.2 Å². The van der Waals surface area contributed by atoms with Crippen molar-refractivity contribution >= 4 is 21.0 Å². The fraction of sp³-hybridized carbons (Fsp3) is 0.217. The second kappa shape index (κ2) is 9.36. The lowest BCUT2D eigenvalue weighted by atomic mass is 10.2. The molecule has 0 amide bonds. The Kier molecular flexibility index (Phi) is 7.11. The van der Waals surface area contributed by atoms with Crippen molar-refractivity contribution in [2.45, 2.75) is 39.7 Å². The van der Waals surface area contributed by atoms with Crippen LogP contribution in [0.4, 0.5) is 17.6 Å². The van der Waals surface area contributed by atoms with Crippen molar-refractivity contribution in [3.05, 3.63) is 83.9 Å². The zero-order valence-electron chi connectivity index (χ0n) is 17.6. The Labute approximate surface area is 192 Å². The zero-order chi connectivity index (χ0) is 24.4. The van der Waals surface area contributed by atoms with E-state index in [0.29, 0.717) is 0 Å². The monoisotopic (exact) mass is 500 g/mol. The Hall–Kier alpha value is -2.56. The summed E-state index contributed by atoms with van der Waals surface area (Å²) in [5.41, 5.74) is 2.17. The molecule has 3 aromatic rings.